The average Bonchev–Trinajstić information content (AvgIpc) is 3.33. The van der Waals surface area contributed by atoms with Gasteiger partial charge in [-0.05, 0) is 88.2 Å². The van der Waals surface area contributed by atoms with Gasteiger partial charge in [-0.1, -0.05) is 75.1 Å². The molecule has 5 heteroatoms. The lowest BCUT2D eigenvalue weighted by Crippen LogP contribution is -2.78. The Morgan fingerprint density at radius 2 is 1.80 bits per heavy atom. The first-order valence-electron chi connectivity index (χ1n) is 16.4. The normalized spacial score (nSPS) is 29.8. The molecule has 1 saturated carbocycles. The number of rotatable bonds is 14. The van der Waals surface area contributed by atoms with E-state index in [9.17, 15) is 10.2 Å². The number of hydrogen-bond acceptors (Lipinski definition) is 5. The maximum Gasteiger partial charge on any atom is 0.165 e. The van der Waals surface area contributed by atoms with Gasteiger partial charge in [0, 0.05) is 24.2 Å². The van der Waals surface area contributed by atoms with Crippen LogP contribution < -0.4 is 4.74 Å². The molecule has 4 aliphatic rings. The molecule has 1 saturated heterocycles. The van der Waals surface area contributed by atoms with Crippen molar-refractivity contribution >= 4 is 0 Å². The van der Waals surface area contributed by atoms with Crippen LogP contribution in [0.15, 0.2) is 55.1 Å². The van der Waals surface area contributed by atoms with Crippen LogP contribution in [0.25, 0.3) is 0 Å². The molecule has 2 aromatic carbocycles. The minimum absolute atomic E-state index is 0.0578. The van der Waals surface area contributed by atoms with Crippen LogP contribution in [-0.2, 0) is 18.3 Å². The molecule has 0 aromatic heterocycles. The minimum Gasteiger partial charge on any atom is -0.504 e. The summed E-state index contributed by atoms with van der Waals surface area (Å²) in [6, 6.07) is 15.0. The third-order valence-electron chi connectivity index (χ3n) is 10.9. The summed E-state index contributed by atoms with van der Waals surface area (Å²) in [5, 5.41) is 23.7. The van der Waals surface area contributed by atoms with Crippen molar-refractivity contribution in [3.63, 3.8) is 0 Å². The third-order valence-corrected chi connectivity index (χ3v) is 10.9. The van der Waals surface area contributed by atoms with Crippen molar-refractivity contribution in [1.82, 2.24) is 9.80 Å². The molecule has 1 spiro atoms. The molecule has 2 bridgehead atoms. The van der Waals surface area contributed by atoms with Gasteiger partial charge in [-0.2, -0.15) is 0 Å². The van der Waals surface area contributed by atoms with Crippen molar-refractivity contribution in [2.75, 3.05) is 26.2 Å². The Morgan fingerprint density at radius 1 is 1.02 bits per heavy atom. The van der Waals surface area contributed by atoms with E-state index >= 15 is 0 Å². The molecule has 2 N–H and O–H groups in total. The fourth-order valence-corrected chi connectivity index (χ4v) is 9.01. The number of aromatic hydroxyl groups is 1. The molecule has 41 heavy (non-hydrogen) atoms. The highest BCUT2D eigenvalue weighted by Gasteiger charge is 2.73. The van der Waals surface area contributed by atoms with E-state index in [0.717, 1.165) is 63.8 Å². The fraction of sp³-hybridized carbons (Fsp3) is 0.611. The summed E-state index contributed by atoms with van der Waals surface area (Å²) >= 11 is 0. The van der Waals surface area contributed by atoms with Crippen LogP contribution in [0.4, 0.5) is 0 Å². The molecule has 6 rings (SSSR count). The summed E-state index contributed by atoms with van der Waals surface area (Å²) in [4.78, 5) is 5.16. The molecule has 0 radical (unpaired) electrons. The topological polar surface area (TPSA) is 56.2 Å². The van der Waals surface area contributed by atoms with E-state index in [-0.39, 0.29) is 23.9 Å². The number of ether oxygens (including phenoxy) is 1. The predicted octanol–water partition coefficient (Wildman–Crippen LogP) is 6.40. The van der Waals surface area contributed by atoms with Crippen LogP contribution in [0.3, 0.4) is 0 Å². The lowest BCUT2D eigenvalue weighted by molar-refractivity contribution is -0.198. The lowest BCUT2D eigenvalue weighted by Gasteiger charge is -2.65. The van der Waals surface area contributed by atoms with Gasteiger partial charge >= 0.3 is 0 Å². The molecule has 2 aromatic rings. The highest BCUT2D eigenvalue weighted by atomic mass is 16.5. The maximum atomic E-state index is 12.7. The highest BCUT2D eigenvalue weighted by Crippen LogP contribution is 2.65. The third kappa shape index (κ3) is 4.92. The van der Waals surface area contributed by atoms with Gasteiger partial charge < -0.3 is 14.9 Å². The van der Waals surface area contributed by atoms with Gasteiger partial charge in [-0.3, -0.25) is 9.80 Å². The number of phenolic OH excluding ortho intramolecular Hbond substituents is 1. The van der Waals surface area contributed by atoms with Gasteiger partial charge in [0.2, 0.25) is 0 Å². The van der Waals surface area contributed by atoms with E-state index in [4.69, 9.17) is 4.74 Å². The van der Waals surface area contributed by atoms with Crippen molar-refractivity contribution < 1.29 is 14.9 Å². The Morgan fingerprint density at radius 3 is 2.59 bits per heavy atom. The molecule has 0 amide bonds. The van der Waals surface area contributed by atoms with E-state index < -0.39 is 11.0 Å². The fourth-order valence-electron chi connectivity index (χ4n) is 9.01. The second kappa shape index (κ2) is 12.1. The maximum absolute atomic E-state index is 12.7. The Bertz CT molecular complexity index is 1200. The number of benzene rings is 2. The first kappa shape index (κ1) is 28.8. The minimum atomic E-state index is -0.853. The van der Waals surface area contributed by atoms with Gasteiger partial charge in [-0.15, -0.1) is 6.58 Å². The standard InChI is InChI=1S/C36H50N2O3/c1-3-5-12-23-37(24-13-7-6-9-14-27-15-10-8-11-16-27)29-19-20-36(40)31-26-28-17-18-30(39)33-32(28)35(36,34(29)41-33)21-25-38(31)22-4-2/h4,8,10-11,15-18,29,31,34,39-40H,2-3,5-7,9,12-14,19-26H2,1H3/t29?,31-,34?,35+,36-/m1/s1. The van der Waals surface area contributed by atoms with Crippen LogP contribution in [0, 0.1) is 0 Å². The Labute approximate surface area is 247 Å². The number of phenols is 1. The summed E-state index contributed by atoms with van der Waals surface area (Å²) in [5.41, 5.74) is 2.50. The summed E-state index contributed by atoms with van der Waals surface area (Å²) in [7, 11) is 0. The van der Waals surface area contributed by atoms with Crippen molar-refractivity contribution in [2.45, 2.75) is 113 Å². The largest absolute Gasteiger partial charge is 0.504 e. The predicted molar refractivity (Wildman–Crippen MR) is 166 cm³/mol. The molecule has 2 aliphatic carbocycles. The highest BCUT2D eigenvalue weighted by molar-refractivity contribution is 5.62. The zero-order chi connectivity index (χ0) is 28.5. The number of hydrogen-bond donors (Lipinski definition) is 2. The van der Waals surface area contributed by atoms with Gasteiger partial charge in [0.25, 0.3) is 0 Å². The average molecular weight is 559 g/mol. The molecular formula is C36H50N2O3. The van der Waals surface area contributed by atoms with E-state index in [0.29, 0.717) is 5.75 Å². The van der Waals surface area contributed by atoms with E-state index in [2.05, 4.69) is 59.7 Å². The van der Waals surface area contributed by atoms with E-state index in [1.165, 1.54) is 56.1 Å². The summed E-state index contributed by atoms with van der Waals surface area (Å²) in [6.45, 7) is 10.2. The Balaban J connectivity index is 1.22. The zero-order valence-corrected chi connectivity index (χ0v) is 25.1. The number of nitrogens with zero attached hydrogens (tertiary/aromatic N) is 2. The quantitative estimate of drug-likeness (QED) is 0.208. The second-order valence-electron chi connectivity index (χ2n) is 13.1. The van der Waals surface area contributed by atoms with E-state index in [1.807, 2.05) is 12.1 Å². The van der Waals surface area contributed by atoms with Crippen LogP contribution in [0.1, 0.15) is 87.8 Å². The Hall–Kier alpha value is -2.34. The summed E-state index contributed by atoms with van der Waals surface area (Å²) in [5.74, 6) is 0.888. The number of unbranched alkanes of at least 4 members (excludes halogenated alkanes) is 5. The van der Waals surface area contributed by atoms with Crippen molar-refractivity contribution in [3.05, 3.63) is 71.8 Å². The van der Waals surface area contributed by atoms with Crippen LogP contribution >= 0.6 is 0 Å². The van der Waals surface area contributed by atoms with E-state index in [1.54, 1.807) is 0 Å². The van der Waals surface area contributed by atoms with Gasteiger partial charge in [0.05, 0.1) is 11.0 Å². The van der Waals surface area contributed by atoms with Crippen LogP contribution in [-0.4, -0.2) is 70.0 Å². The molecular weight excluding hydrogens is 508 g/mol. The molecule has 2 heterocycles. The molecule has 2 fully saturated rings. The monoisotopic (exact) mass is 558 g/mol. The van der Waals surface area contributed by atoms with Gasteiger partial charge in [-0.25, -0.2) is 0 Å². The first-order chi connectivity index (χ1) is 20.0. The van der Waals surface area contributed by atoms with Gasteiger partial charge in [0.15, 0.2) is 11.5 Å². The smallest absolute Gasteiger partial charge is 0.165 e. The number of aliphatic hydroxyl groups is 1. The zero-order valence-electron chi connectivity index (χ0n) is 25.1. The van der Waals surface area contributed by atoms with Gasteiger partial charge in [0.1, 0.15) is 6.10 Å². The lowest BCUT2D eigenvalue weighted by atomic mass is 9.48. The molecule has 5 atom stereocenters. The number of piperidine rings is 1. The second-order valence-corrected chi connectivity index (χ2v) is 13.1. The SMILES string of the molecule is C=CCN1CC[C@]23c4c5ccc(O)c4OC2C(N(CCCCC)CCCCCCc2ccccc2)CC[C@@]3(O)[C@H]1C5. The summed E-state index contributed by atoms with van der Waals surface area (Å²) in [6.07, 6.45) is 15.0. The molecule has 222 valence electrons. The van der Waals surface area contributed by atoms with Crippen LogP contribution in [0.2, 0.25) is 0 Å². The molecule has 2 unspecified atom stereocenters. The first-order valence-corrected chi connectivity index (χ1v) is 16.4. The van der Waals surface area contributed by atoms with Crippen molar-refractivity contribution in [3.8, 4) is 11.5 Å². The van der Waals surface area contributed by atoms with Crippen molar-refractivity contribution in [1.29, 1.82) is 0 Å². The van der Waals surface area contributed by atoms with Crippen molar-refractivity contribution in [2.24, 2.45) is 0 Å². The molecule has 5 nitrogen and oxygen atoms in total. The van der Waals surface area contributed by atoms with Crippen LogP contribution in [0.5, 0.6) is 11.5 Å². The Kier molecular flexibility index (Phi) is 8.49. The number of likely N-dealkylation sites (tertiary alicyclic amines) is 1. The number of aryl methyl sites for hydroxylation is 1. The summed E-state index contributed by atoms with van der Waals surface area (Å²) < 4.78 is 6.87. The molecule has 2 aliphatic heterocycles.